The second-order valence-corrected chi connectivity index (χ2v) is 4.82. The van der Waals surface area contributed by atoms with Crippen LogP contribution in [0.5, 0.6) is 0 Å². The number of aromatic nitrogens is 1. The van der Waals surface area contributed by atoms with Crippen LogP contribution in [0.15, 0.2) is 35.4 Å². The third kappa shape index (κ3) is 2.90. The van der Waals surface area contributed by atoms with Gasteiger partial charge in [-0.3, -0.25) is 4.79 Å². The fourth-order valence-corrected chi connectivity index (χ4v) is 2.27. The van der Waals surface area contributed by atoms with Crippen LogP contribution < -0.4 is 5.43 Å². The van der Waals surface area contributed by atoms with E-state index in [2.05, 4.69) is 10.5 Å². The van der Waals surface area contributed by atoms with Gasteiger partial charge in [0, 0.05) is 23.2 Å². The van der Waals surface area contributed by atoms with Crippen molar-refractivity contribution in [2.45, 2.75) is 20.8 Å². The number of aromatic carboxylic acids is 1. The van der Waals surface area contributed by atoms with E-state index in [1.807, 2.05) is 30.5 Å². The maximum Gasteiger partial charge on any atom is 0.337 e. The van der Waals surface area contributed by atoms with Crippen molar-refractivity contribution in [2.24, 2.45) is 5.10 Å². The van der Waals surface area contributed by atoms with E-state index in [1.165, 1.54) is 18.3 Å². The van der Waals surface area contributed by atoms with Gasteiger partial charge in [-0.05, 0) is 51.1 Å². The largest absolute Gasteiger partial charge is 0.478 e. The molecule has 0 aliphatic rings. The SMILES string of the molecule is CC=NNC(=O)c1ccc(C(=O)O)c(-n2c(C)ccc2C)c1. The van der Waals surface area contributed by atoms with Gasteiger partial charge >= 0.3 is 5.97 Å². The van der Waals surface area contributed by atoms with Crippen LogP contribution in [0, 0.1) is 13.8 Å². The second-order valence-electron chi connectivity index (χ2n) is 4.82. The molecule has 0 saturated heterocycles. The first-order valence-corrected chi connectivity index (χ1v) is 6.76. The number of carbonyl (C=O) groups excluding carboxylic acids is 1. The van der Waals surface area contributed by atoms with Gasteiger partial charge in [-0.25, -0.2) is 10.2 Å². The monoisotopic (exact) mass is 299 g/mol. The lowest BCUT2D eigenvalue weighted by Gasteiger charge is -2.14. The van der Waals surface area contributed by atoms with Gasteiger partial charge in [-0.2, -0.15) is 5.10 Å². The zero-order chi connectivity index (χ0) is 16.3. The molecule has 114 valence electrons. The van der Waals surface area contributed by atoms with Gasteiger partial charge < -0.3 is 9.67 Å². The fraction of sp³-hybridized carbons (Fsp3) is 0.188. The Bertz CT molecular complexity index is 740. The molecule has 0 radical (unpaired) electrons. The Morgan fingerprint density at radius 2 is 1.82 bits per heavy atom. The number of rotatable bonds is 4. The van der Waals surface area contributed by atoms with Gasteiger partial charge in [0.2, 0.25) is 0 Å². The molecular formula is C16H17N3O3. The first-order valence-electron chi connectivity index (χ1n) is 6.76. The molecule has 1 heterocycles. The molecule has 22 heavy (non-hydrogen) atoms. The number of hydrogen-bond acceptors (Lipinski definition) is 3. The smallest absolute Gasteiger partial charge is 0.337 e. The first-order chi connectivity index (χ1) is 10.5. The number of hydrazone groups is 1. The molecule has 1 aromatic heterocycles. The highest BCUT2D eigenvalue weighted by Crippen LogP contribution is 2.22. The predicted octanol–water partition coefficient (Wildman–Crippen LogP) is 2.53. The number of carboxylic acids is 1. The van der Waals surface area contributed by atoms with E-state index in [-0.39, 0.29) is 5.56 Å². The molecule has 0 aliphatic heterocycles. The minimum Gasteiger partial charge on any atom is -0.478 e. The van der Waals surface area contributed by atoms with Crippen LogP contribution in [0.3, 0.4) is 0 Å². The quantitative estimate of drug-likeness (QED) is 0.672. The first kappa shape index (κ1) is 15.5. The van der Waals surface area contributed by atoms with Crippen LogP contribution in [-0.2, 0) is 0 Å². The number of carboxylic acid groups (broad SMARTS) is 1. The number of benzene rings is 1. The second kappa shape index (κ2) is 6.26. The fourth-order valence-electron chi connectivity index (χ4n) is 2.27. The molecule has 0 spiro atoms. The standard InChI is InChI=1S/C16H17N3O3/c1-4-17-18-15(20)12-7-8-13(16(21)22)14(9-12)19-10(2)5-6-11(19)3/h4-9H,1-3H3,(H,18,20)(H,21,22). The van der Waals surface area contributed by atoms with E-state index in [0.717, 1.165) is 11.4 Å². The highest BCUT2D eigenvalue weighted by atomic mass is 16.4. The number of nitrogens with one attached hydrogen (secondary N) is 1. The third-order valence-corrected chi connectivity index (χ3v) is 3.30. The number of carbonyl (C=O) groups is 2. The van der Waals surface area contributed by atoms with Crippen molar-refractivity contribution in [3.63, 3.8) is 0 Å². The van der Waals surface area contributed by atoms with Crippen LogP contribution in [0.2, 0.25) is 0 Å². The average molecular weight is 299 g/mol. The Balaban J connectivity index is 2.59. The molecule has 0 bridgehead atoms. The van der Waals surface area contributed by atoms with Crippen molar-refractivity contribution >= 4 is 18.1 Å². The summed E-state index contributed by atoms with van der Waals surface area (Å²) in [6.07, 6.45) is 1.46. The van der Waals surface area contributed by atoms with E-state index in [1.54, 1.807) is 13.0 Å². The summed E-state index contributed by atoms with van der Waals surface area (Å²) in [6.45, 7) is 5.45. The number of nitrogens with zero attached hydrogens (tertiary/aromatic N) is 2. The Morgan fingerprint density at radius 3 is 2.36 bits per heavy atom. The minimum atomic E-state index is -1.04. The van der Waals surface area contributed by atoms with Gasteiger partial charge in [0.05, 0.1) is 11.3 Å². The lowest BCUT2D eigenvalue weighted by atomic mass is 10.1. The van der Waals surface area contributed by atoms with Crippen molar-refractivity contribution in [1.82, 2.24) is 9.99 Å². The average Bonchev–Trinajstić information content (AvgIpc) is 2.83. The van der Waals surface area contributed by atoms with Crippen molar-refractivity contribution < 1.29 is 14.7 Å². The van der Waals surface area contributed by atoms with Crippen LogP contribution >= 0.6 is 0 Å². The van der Waals surface area contributed by atoms with Gasteiger partial charge in [0.25, 0.3) is 5.91 Å². The lowest BCUT2D eigenvalue weighted by molar-refractivity contribution is 0.0696. The molecule has 1 amide bonds. The van der Waals surface area contributed by atoms with Crippen molar-refractivity contribution in [2.75, 3.05) is 0 Å². The summed E-state index contributed by atoms with van der Waals surface area (Å²) >= 11 is 0. The third-order valence-electron chi connectivity index (χ3n) is 3.30. The zero-order valence-electron chi connectivity index (χ0n) is 12.6. The van der Waals surface area contributed by atoms with E-state index in [9.17, 15) is 14.7 Å². The Morgan fingerprint density at radius 1 is 1.18 bits per heavy atom. The number of amides is 1. The molecule has 1 aromatic carbocycles. The molecule has 0 fully saturated rings. The van der Waals surface area contributed by atoms with E-state index >= 15 is 0 Å². The summed E-state index contributed by atoms with van der Waals surface area (Å²) < 4.78 is 1.81. The van der Waals surface area contributed by atoms with Crippen LogP contribution in [0.4, 0.5) is 0 Å². The molecule has 2 rings (SSSR count). The van der Waals surface area contributed by atoms with Crippen LogP contribution in [0.25, 0.3) is 5.69 Å². The summed E-state index contributed by atoms with van der Waals surface area (Å²) in [5, 5.41) is 13.1. The predicted molar refractivity (Wildman–Crippen MR) is 83.8 cm³/mol. The Hall–Kier alpha value is -2.89. The number of aryl methyl sites for hydroxylation is 2. The maximum absolute atomic E-state index is 12.0. The van der Waals surface area contributed by atoms with E-state index in [4.69, 9.17) is 0 Å². The molecule has 0 unspecified atom stereocenters. The van der Waals surface area contributed by atoms with Gasteiger partial charge in [-0.1, -0.05) is 0 Å². The molecule has 0 atom stereocenters. The highest BCUT2D eigenvalue weighted by molar-refractivity contribution is 5.98. The van der Waals surface area contributed by atoms with Gasteiger partial charge in [-0.15, -0.1) is 0 Å². The molecule has 2 N–H and O–H groups in total. The van der Waals surface area contributed by atoms with Crippen LogP contribution in [0.1, 0.15) is 39.0 Å². The summed E-state index contributed by atoms with van der Waals surface area (Å²) in [5.74, 6) is -1.43. The summed E-state index contributed by atoms with van der Waals surface area (Å²) in [5.41, 5.74) is 5.10. The molecular weight excluding hydrogens is 282 g/mol. The molecule has 6 nitrogen and oxygen atoms in total. The van der Waals surface area contributed by atoms with E-state index in [0.29, 0.717) is 11.3 Å². The van der Waals surface area contributed by atoms with Crippen molar-refractivity contribution in [1.29, 1.82) is 0 Å². The minimum absolute atomic E-state index is 0.137. The Kier molecular flexibility index (Phi) is 4.41. The molecule has 0 saturated carbocycles. The van der Waals surface area contributed by atoms with Gasteiger partial charge in [0.1, 0.15) is 0 Å². The van der Waals surface area contributed by atoms with Crippen molar-refractivity contribution in [3.8, 4) is 5.69 Å². The molecule has 2 aromatic rings. The topological polar surface area (TPSA) is 83.7 Å². The summed E-state index contributed by atoms with van der Waals surface area (Å²) in [6, 6.07) is 8.26. The summed E-state index contributed by atoms with van der Waals surface area (Å²) in [4.78, 5) is 23.5. The lowest BCUT2D eigenvalue weighted by Crippen LogP contribution is -2.18. The van der Waals surface area contributed by atoms with E-state index < -0.39 is 11.9 Å². The van der Waals surface area contributed by atoms with Crippen LogP contribution in [-0.4, -0.2) is 27.8 Å². The highest BCUT2D eigenvalue weighted by Gasteiger charge is 2.17. The van der Waals surface area contributed by atoms with Gasteiger partial charge in [0.15, 0.2) is 0 Å². The zero-order valence-corrected chi connectivity index (χ0v) is 12.6. The summed E-state index contributed by atoms with van der Waals surface area (Å²) in [7, 11) is 0. The van der Waals surface area contributed by atoms with Crippen molar-refractivity contribution in [3.05, 3.63) is 52.8 Å². The normalized spacial score (nSPS) is 10.9. The molecule has 6 heteroatoms. The maximum atomic E-state index is 12.0. The molecule has 0 aliphatic carbocycles. The Labute approximate surface area is 128 Å². The number of hydrogen-bond donors (Lipinski definition) is 2.